The number of methoxy groups -OCH3 is 1. The molecule has 2 heterocycles. The Kier molecular flexibility index (Phi) is 6.33. The molecule has 1 N–H and O–H groups in total. The van der Waals surface area contributed by atoms with Crippen LogP contribution in [0.5, 0.6) is 11.5 Å². The third-order valence-corrected chi connectivity index (χ3v) is 4.16. The molecule has 0 bridgehead atoms. The third-order valence-electron chi connectivity index (χ3n) is 4.16. The largest absolute Gasteiger partial charge is 0.490 e. The number of aliphatic hydroxyl groups is 1. The molecule has 1 aromatic heterocycles. The van der Waals surface area contributed by atoms with Crippen LogP contribution in [0, 0.1) is 0 Å². The average molecular weight is 347 g/mol. The van der Waals surface area contributed by atoms with Crippen molar-refractivity contribution >= 4 is 0 Å². The van der Waals surface area contributed by atoms with Gasteiger partial charge in [-0.25, -0.2) is 0 Å². The van der Waals surface area contributed by atoms with Crippen LogP contribution in [0.3, 0.4) is 0 Å². The maximum Gasteiger partial charge on any atom is 0.161 e. The Balaban J connectivity index is 1.67. The fraction of sp³-hybridized carbons (Fsp3) is 0.474. The zero-order chi connectivity index (χ0) is 17.5. The van der Waals surface area contributed by atoms with E-state index in [1.807, 2.05) is 30.3 Å². The highest BCUT2D eigenvalue weighted by Gasteiger charge is 2.18. The van der Waals surface area contributed by atoms with Crippen LogP contribution in [0.4, 0.5) is 0 Å². The van der Waals surface area contributed by atoms with Crippen molar-refractivity contribution < 1.29 is 23.7 Å². The Morgan fingerprint density at radius 1 is 1.20 bits per heavy atom. The number of aliphatic hydroxyl groups excluding tert-OH is 1. The van der Waals surface area contributed by atoms with Crippen LogP contribution in [0.1, 0.15) is 23.8 Å². The third kappa shape index (κ3) is 4.98. The normalized spacial score (nSPS) is 15.2. The summed E-state index contributed by atoms with van der Waals surface area (Å²) in [7, 11) is 1.67. The molecule has 136 valence electrons. The van der Waals surface area contributed by atoms with E-state index in [1.54, 1.807) is 13.4 Å². The van der Waals surface area contributed by atoms with Crippen LogP contribution < -0.4 is 9.47 Å². The van der Waals surface area contributed by atoms with Gasteiger partial charge in [-0.1, -0.05) is 6.07 Å². The molecule has 1 aliphatic heterocycles. The molecular weight excluding hydrogens is 322 g/mol. The van der Waals surface area contributed by atoms with Gasteiger partial charge in [0.25, 0.3) is 0 Å². The van der Waals surface area contributed by atoms with Crippen molar-refractivity contribution in [1.82, 2.24) is 4.90 Å². The van der Waals surface area contributed by atoms with Gasteiger partial charge in [0.15, 0.2) is 11.5 Å². The van der Waals surface area contributed by atoms with Crippen molar-refractivity contribution in [2.45, 2.75) is 19.1 Å². The van der Waals surface area contributed by atoms with Gasteiger partial charge < -0.3 is 23.7 Å². The van der Waals surface area contributed by atoms with Crippen LogP contribution in [0.25, 0.3) is 0 Å². The molecule has 0 fully saturated rings. The molecule has 0 saturated heterocycles. The van der Waals surface area contributed by atoms with E-state index in [4.69, 9.17) is 18.6 Å². The Morgan fingerprint density at radius 2 is 2.04 bits per heavy atom. The second kappa shape index (κ2) is 8.89. The van der Waals surface area contributed by atoms with E-state index in [0.717, 1.165) is 23.5 Å². The summed E-state index contributed by atoms with van der Waals surface area (Å²) in [6.07, 6.45) is 1.88. The van der Waals surface area contributed by atoms with Crippen molar-refractivity contribution in [2.24, 2.45) is 0 Å². The van der Waals surface area contributed by atoms with Gasteiger partial charge in [0.05, 0.1) is 38.7 Å². The van der Waals surface area contributed by atoms with Gasteiger partial charge in [-0.05, 0) is 29.8 Å². The fourth-order valence-electron chi connectivity index (χ4n) is 2.82. The zero-order valence-corrected chi connectivity index (χ0v) is 14.5. The molecule has 1 aliphatic rings. The second-order valence-electron chi connectivity index (χ2n) is 6.08. The molecule has 1 aromatic carbocycles. The van der Waals surface area contributed by atoms with Gasteiger partial charge in [0.1, 0.15) is 5.76 Å². The summed E-state index contributed by atoms with van der Waals surface area (Å²) in [5.74, 6) is 2.30. The van der Waals surface area contributed by atoms with Crippen molar-refractivity contribution in [3.63, 3.8) is 0 Å². The summed E-state index contributed by atoms with van der Waals surface area (Å²) in [5.41, 5.74) is 0.811. The standard InChI is InChI=1S/C19H25NO5/c1-22-11-7-20(13-16-4-2-8-23-16)14-17(21)15-5-6-18-19(12-15)25-10-3-9-24-18/h2,4-6,8,12,17,21H,3,7,9-11,13-14H2,1H3. The fourth-order valence-corrected chi connectivity index (χ4v) is 2.82. The summed E-state index contributed by atoms with van der Waals surface area (Å²) in [6, 6.07) is 9.42. The van der Waals surface area contributed by atoms with E-state index >= 15 is 0 Å². The minimum Gasteiger partial charge on any atom is -0.490 e. The SMILES string of the molecule is COCCN(Cc1ccco1)CC(O)c1ccc2c(c1)OCCCO2. The Morgan fingerprint density at radius 3 is 2.80 bits per heavy atom. The second-order valence-corrected chi connectivity index (χ2v) is 6.08. The van der Waals surface area contributed by atoms with Crippen molar-refractivity contribution in [1.29, 1.82) is 0 Å². The molecule has 6 heteroatoms. The first kappa shape index (κ1) is 17.8. The molecule has 3 rings (SSSR count). The van der Waals surface area contributed by atoms with Gasteiger partial charge in [0, 0.05) is 26.6 Å². The van der Waals surface area contributed by atoms with E-state index in [1.165, 1.54) is 0 Å². The summed E-state index contributed by atoms with van der Waals surface area (Å²) in [6.45, 7) is 3.68. The van der Waals surface area contributed by atoms with E-state index in [-0.39, 0.29) is 0 Å². The van der Waals surface area contributed by atoms with E-state index in [0.29, 0.717) is 45.2 Å². The number of hydrogen-bond donors (Lipinski definition) is 1. The number of furan rings is 1. The lowest BCUT2D eigenvalue weighted by Crippen LogP contribution is -2.31. The van der Waals surface area contributed by atoms with Gasteiger partial charge in [0.2, 0.25) is 0 Å². The number of rotatable bonds is 8. The Labute approximate surface area is 147 Å². The molecule has 0 radical (unpaired) electrons. The maximum atomic E-state index is 10.7. The molecule has 1 unspecified atom stereocenters. The van der Waals surface area contributed by atoms with Crippen molar-refractivity contribution in [3.05, 3.63) is 47.9 Å². The van der Waals surface area contributed by atoms with Gasteiger partial charge in [-0.2, -0.15) is 0 Å². The highest BCUT2D eigenvalue weighted by atomic mass is 16.5. The summed E-state index contributed by atoms with van der Waals surface area (Å²) < 4.78 is 21.9. The number of fused-ring (bicyclic) bond motifs is 1. The molecule has 6 nitrogen and oxygen atoms in total. The predicted octanol–water partition coefficient (Wildman–Crippen LogP) is 2.62. The number of benzene rings is 1. The summed E-state index contributed by atoms with van der Waals surface area (Å²) in [4.78, 5) is 2.11. The van der Waals surface area contributed by atoms with E-state index < -0.39 is 6.10 Å². The van der Waals surface area contributed by atoms with Crippen LogP contribution in [-0.4, -0.2) is 50.0 Å². The average Bonchev–Trinajstić information content (AvgIpc) is 3.01. The van der Waals surface area contributed by atoms with E-state index in [2.05, 4.69) is 4.90 Å². The minimum absolute atomic E-state index is 0.476. The lowest BCUT2D eigenvalue weighted by atomic mass is 10.1. The number of nitrogens with zero attached hydrogens (tertiary/aromatic N) is 1. The monoisotopic (exact) mass is 347 g/mol. The Hall–Kier alpha value is -2.02. The van der Waals surface area contributed by atoms with Crippen LogP contribution in [0.2, 0.25) is 0 Å². The minimum atomic E-state index is -0.635. The van der Waals surface area contributed by atoms with Crippen LogP contribution in [0.15, 0.2) is 41.0 Å². The molecular formula is C19H25NO5. The predicted molar refractivity (Wildman–Crippen MR) is 92.9 cm³/mol. The first-order valence-corrected chi connectivity index (χ1v) is 8.57. The number of hydrogen-bond acceptors (Lipinski definition) is 6. The van der Waals surface area contributed by atoms with Crippen molar-refractivity contribution in [2.75, 3.05) is 40.0 Å². The quantitative estimate of drug-likeness (QED) is 0.792. The lowest BCUT2D eigenvalue weighted by molar-refractivity contribution is 0.0810. The molecule has 2 aromatic rings. The molecule has 0 amide bonds. The summed E-state index contributed by atoms with van der Waals surface area (Å²) in [5, 5.41) is 10.7. The molecule has 25 heavy (non-hydrogen) atoms. The zero-order valence-electron chi connectivity index (χ0n) is 14.5. The van der Waals surface area contributed by atoms with Crippen LogP contribution in [-0.2, 0) is 11.3 Å². The first-order valence-electron chi connectivity index (χ1n) is 8.57. The van der Waals surface area contributed by atoms with Crippen LogP contribution >= 0.6 is 0 Å². The topological polar surface area (TPSA) is 64.3 Å². The van der Waals surface area contributed by atoms with Gasteiger partial charge in [-0.3, -0.25) is 4.90 Å². The molecule has 0 saturated carbocycles. The first-order chi connectivity index (χ1) is 12.3. The van der Waals surface area contributed by atoms with Gasteiger partial charge >= 0.3 is 0 Å². The smallest absolute Gasteiger partial charge is 0.161 e. The lowest BCUT2D eigenvalue weighted by Gasteiger charge is -2.24. The Bertz CT molecular complexity index is 643. The van der Waals surface area contributed by atoms with Crippen molar-refractivity contribution in [3.8, 4) is 11.5 Å². The van der Waals surface area contributed by atoms with E-state index in [9.17, 15) is 5.11 Å². The molecule has 0 aliphatic carbocycles. The highest BCUT2D eigenvalue weighted by molar-refractivity contribution is 5.44. The molecule has 1 atom stereocenters. The molecule has 0 spiro atoms. The van der Waals surface area contributed by atoms with Gasteiger partial charge in [-0.15, -0.1) is 0 Å². The highest BCUT2D eigenvalue weighted by Crippen LogP contribution is 2.32. The maximum absolute atomic E-state index is 10.7. The summed E-state index contributed by atoms with van der Waals surface area (Å²) >= 11 is 0. The number of ether oxygens (including phenoxy) is 3.